The van der Waals surface area contributed by atoms with Crippen molar-refractivity contribution in [1.29, 1.82) is 0 Å². The van der Waals surface area contributed by atoms with Crippen molar-refractivity contribution < 1.29 is 4.79 Å². The summed E-state index contributed by atoms with van der Waals surface area (Å²) in [4.78, 5) is 14.7. The lowest BCUT2D eigenvalue weighted by atomic mass is 10.3. The largest absolute Gasteiger partial charge is 0.296 e. The van der Waals surface area contributed by atoms with Crippen LogP contribution in [0.15, 0.2) is 22.9 Å². The Hall–Kier alpha value is -1.16. The first-order valence-electron chi connectivity index (χ1n) is 3.82. The zero-order valence-corrected chi connectivity index (χ0v) is 8.58. The standard InChI is InChI=1S/C9H7BrN2O/c1-6-2-3-7-9(10)11-8(5-13)12(7)4-6/h2-5H,1H3. The van der Waals surface area contributed by atoms with Gasteiger partial charge < -0.3 is 0 Å². The maximum Gasteiger partial charge on any atom is 0.185 e. The van der Waals surface area contributed by atoms with Gasteiger partial charge in [0.25, 0.3) is 0 Å². The van der Waals surface area contributed by atoms with E-state index in [9.17, 15) is 4.79 Å². The highest BCUT2D eigenvalue weighted by Gasteiger charge is 2.06. The summed E-state index contributed by atoms with van der Waals surface area (Å²) < 4.78 is 2.47. The van der Waals surface area contributed by atoms with E-state index in [2.05, 4.69) is 20.9 Å². The number of carbonyl (C=O) groups excluding carboxylic acids is 1. The molecule has 0 unspecified atom stereocenters. The Balaban J connectivity index is 2.89. The molecule has 0 atom stereocenters. The number of aldehydes is 1. The molecule has 2 aromatic heterocycles. The Morgan fingerprint density at radius 3 is 3.00 bits per heavy atom. The van der Waals surface area contributed by atoms with Crippen molar-refractivity contribution in [3.63, 3.8) is 0 Å². The minimum Gasteiger partial charge on any atom is -0.296 e. The molecule has 0 amide bonds. The average molecular weight is 239 g/mol. The summed E-state index contributed by atoms with van der Waals surface area (Å²) in [5, 5.41) is 0. The van der Waals surface area contributed by atoms with Gasteiger partial charge in [-0.3, -0.25) is 9.20 Å². The van der Waals surface area contributed by atoms with E-state index in [1.54, 1.807) is 4.40 Å². The quantitative estimate of drug-likeness (QED) is 0.715. The minimum atomic E-state index is 0.422. The van der Waals surface area contributed by atoms with Crippen molar-refractivity contribution in [3.05, 3.63) is 34.3 Å². The highest BCUT2D eigenvalue weighted by atomic mass is 79.9. The number of nitrogens with zero attached hydrogens (tertiary/aromatic N) is 2. The molecule has 2 rings (SSSR count). The second kappa shape index (κ2) is 2.96. The number of rotatable bonds is 1. The fourth-order valence-corrected chi connectivity index (χ4v) is 1.76. The number of hydrogen-bond acceptors (Lipinski definition) is 2. The smallest absolute Gasteiger partial charge is 0.185 e. The predicted molar refractivity (Wildman–Crippen MR) is 53.0 cm³/mol. The van der Waals surface area contributed by atoms with Gasteiger partial charge in [-0.2, -0.15) is 0 Å². The maximum atomic E-state index is 10.6. The Labute approximate surface area is 83.5 Å². The van der Waals surface area contributed by atoms with Gasteiger partial charge in [0, 0.05) is 6.20 Å². The molecule has 0 saturated carbocycles. The zero-order chi connectivity index (χ0) is 9.42. The molecule has 0 spiro atoms. The molecule has 0 bridgehead atoms. The van der Waals surface area contributed by atoms with E-state index in [-0.39, 0.29) is 0 Å². The van der Waals surface area contributed by atoms with Gasteiger partial charge in [-0.25, -0.2) is 4.98 Å². The second-order valence-electron chi connectivity index (χ2n) is 2.84. The number of imidazole rings is 1. The van der Waals surface area contributed by atoms with Gasteiger partial charge in [-0.05, 0) is 34.5 Å². The van der Waals surface area contributed by atoms with Crippen LogP contribution in [0.3, 0.4) is 0 Å². The van der Waals surface area contributed by atoms with Crippen molar-refractivity contribution in [2.75, 3.05) is 0 Å². The van der Waals surface area contributed by atoms with Crippen LogP contribution in [0.25, 0.3) is 5.52 Å². The fourth-order valence-electron chi connectivity index (χ4n) is 1.26. The van der Waals surface area contributed by atoms with Crippen molar-refractivity contribution in [1.82, 2.24) is 9.38 Å². The van der Waals surface area contributed by atoms with E-state index in [1.807, 2.05) is 25.3 Å². The number of fused-ring (bicyclic) bond motifs is 1. The molecule has 13 heavy (non-hydrogen) atoms. The SMILES string of the molecule is Cc1ccc2c(Br)nc(C=O)n2c1. The summed E-state index contributed by atoms with van der Waals surface area (Å²) >= 11 is 3.29. The van der Waals surface area contributed by atoms with E-state index < -0.39 is 0 Å². The molecular formula is C9H7BrN2O. The van der Waals surface area contributed by atoms with Gasteiger partial charge >= 0.3 is 0 Å². The molecule has 0 aliphatic carbocycles. The first-order chi connectivity index (χ1) is 6.22. The van der Waals surface area contributed by atoms with E-state index in [0.29, 0.717) is 10.4 Å². The topological polar surface area (TPSA) is 34.4 Å². The molecule has 66 valence electrons. The van der Waals surface area contributed by atoms with Crippen LogP contribution in [0.1, 0.15) is 16.2 Å². The molecule has 4 heteroatoms. The lowest BCUT2D eigenvalue weighted by molar-refractivity contribution is 0.111. The van der Waals surface area contributed by atoms with E-state index in [4.69, 9.17) is 0 Å². The van der Waals surface area contributed by atoms with Gasteiger partial charge in [0.1, 0.15) is 4.60 Å². The lowest BCUT2D eigenvalue weighted by Crippen LogP contribution is -1.92. The van der Waals surface area contributed by atoms with E-state index in [0.717, 1.165) is 17.4 Å². The van der Waals surface area contributed by atoms with Gasteiger partial charge in [0.15, 0.2) is 12.1 Å². The molecule has 2 heterocycles. The molecule has 0 N–H and O–H groups in total. The van der Waals surface area contributed by atoms with Crippen LogP contribution in [0.2, 0.25) is 0 Å². The van der Waals surface area contributed by atoms with E-state index >= 15 is 0 Å². The van der Waals surface area contributed by atoms with Crippen LogP contribution < -0.4 is 0 Å². The molecule has 3 nitrogen and oxygen atoms in total. The number of carbonyl (C=O) groups is 1. The molecule has 0 aromatic carbocycles. The third-order valence-corrected chi connectivity index (χ3v) is 2.46. The average Bonchev–Trinajstić information content (AvgIpc) is 2.42. The summed E-state index contributed by atoms with van der Waals surface area (Å²) in [6.07, 6.45) is 2.63. The van der Waals surface area contributed by atoms with Crippen molar-refractivity contribution in [2.24, 2.45) is 0 Å². The van der Waals surface area contributed by atoms with Crippen molar-refractivity contribution in [3.8, 4) is 0 Å². The maximum absolute atomic E-state index is 10.6. The minimum absolute atomic E-state index is 0.422. The first-order valence-corrected chi connectivity index (χ1v) is 4.61. The monoisotopic (exact) mass is 238 g/mol. The van der Waals surface area contributed by atoms with Crippen molar-refractivity contribution in [2.45, 2.75) is 6.92 Å². The summed E-state index contributed by atoms with van der Waals surface area (Å²) in [7, 11) is 0. The van der Waals surface area contributed by atoms with Crippen LogP contribution in [0.4, 0.5) is 0 Å². The van der Waals surface area contributed by atoms with E-state index in [1.165, 1.54) is 0 Å². The van der Waals surface area contributed by atoms with Crippen LogP contribution in [0.5, 0.6) is 0 Å². The lowest BCUT2D eigenvalue weighted by Gasteiger charge is -1.96. The molecule has 0 aliphatic rings. The molecular weight excluding hydrogens is 232 g/mol. The summed E-state index contributed by atoms with van der Waals surface area (Å²) in [6, 6.07) is 3.91. The Bertz CT molecular complexity index is 476. The van der Waals surface area contributed by atoms with Crippen LogP contribution >= 0.6 is 15.9 Å². The molecule has 0 saturated heterocycles. The first kappa shape index (κ1) is 8.44. The number of pyridine rings is 1. The van der Waals surface area contributed by atoms with Gasteiger partial charge in [-0.15, -0.1) is 0 Å². The summed E-state index contributed by atoms with van der Waals surface area (Å²) in [6.45, 7) is 1.97. The molecule has 2 aromatic rings. The summed E-state index contributed by atoms with van der Waals surface area (Å²) in [5.41, 5.74) is 2.01. The van der Waals surface area contributed by atoms with Gasteiger partial charge in [0.05, 0.1) is 5.52 Å². The molecule has 0 aliphatic heterocycles. The Kier molecular flexibility index (Phi) is 1.92. The predicted octanol–water partition coefficient (Wildman–Crippen LogP) is 2.22. The zero-order valence-electron chi connectivity index (χ0n) is 6.99. The normalized spacial score (nSPS) is 10.6. The third kappa shape index (κ3) is 1.27. The molecule has 0 radical (unpaired) electrons. The number of aryl methyl sites for hydroxylation is 1. The summed E-state index contributed by atoms with van der Waals surface area (Å²) in [5.74, 6) is 0.422. The number of halogens is 1. The highest BCUT2D eigenvalue weighted by molar-refractivity contribution is 9.10. The van der Waals surface area contributed by atoms with Crippen LogP contribution in [-0.2, 0) is 0 Å². The number of hydrogen-bond donors (Lipinski definition) is 0. The van der Waals surface area contributed by atoms with Gasteiger partial charge in [-0.1, -0.05) is 6.07 Å². The Morgan fingerprint density at radius 2 is 2.31 bits per heavy atom. The third-order valence-electron chi connectivity index (χ3n) is 1.87. The van der Waals surface area contributed by atoms with Crippen LogP contribution in [0, 0.1) is 6.92 Å². The second-order valence-corrected chi connectivity index (χ2v) is 3.59. The number of aromatic nitrogens is 2. The molecule has 0 fully saturated rings. The van der Waals surface area contributed by atoms with Gasteiger partial charge in [0.2, 0.25) is 0 Å². The Morgan fingerprint density at radius 1 is 1.54 bits per heavy atom. The van der Waals surface area contributed by atoms with Crippen molar-refractivity contribution >= 4 is 27.7 Å². The fraction of sp³-hybridized carbons (Fsp3) is 0.111. The van der Waals surface area contributed by atoms with Crippen LogP contribution in [-0.4, -0.2) is 15.7 Å². The highest BCUT2D eigenvalue weighted by Crippen LogP contribution is 2.18.